The van der Waals surface area contributed by atoms with E-state index in [4.69, 9.17) is 13.9 Å². The zero-order chi connectivity index (χ0) is 13.1. The molecule has 0 saturated carbocycles. The van der Waals surface area contributed by atoms with Crippen molar-refractivity contribution in [1.82, 2.24) is 0 Å². The second kappa shape index (κ2) is 5.82. The maximum atomic E-state index is 5.93. The van der Waals surface area contributed by atoms with Crippen molar-refractivity contribution in [2.45, 2.75) is 64.5 Å². The molecular weight excluding hydrogens is 232 g/mol. The lowest BCUT2D eigenvalue weighted by molar-refractivity contribution is 0.243. The highest BCUT2D eigenvalue weighted by molar-refractivity contribution is 6.74. The van der Waals surface area contributed by atoms with Gasteiger partial charge in [-0.1, -0.05) is 27.7 Å². The zero-order valence-electron chi connectivity index (χ0n) is 12.2. The van der Waals surface area contributed by atoms with Crippen molar-refractivity contribution in [1.29, 1.82) is 0 Å². The molecule has 2 rings (SSSR count). The highest BCUT2D eigenvalue weighted by Gasteiger charge is 2.38. The summed E-state index contributed by atoms with van der Waals surface area (Å²) in [5.74, 6) is 0. The third-order valence-electron chi connectivity index (χ3n) is 3.70. The summed E-state index contributed by atoms with van der Waals surface area (Å²) in [6.07, 6.45) is 2.23. The molecule has 2 heterocycles. The Hall–Kier alpha value is 0.0969. The van der Waals surface area contributed by atoms with E-state index >= 15 is 0 Å². The van der Waals surface area contributed by atoms with E-state index in [1.165, 1.54) is 6.42 Å². The zero-order valence-corrected chi connectivity index (χ0v) is 13.2. The van der Waals surface area contributed by atoms with E-state index in [9.17, 15) is 0 Å². The van der Waals surface area contributed by atoms with Crippen molar-refractivity contribution in [3.05, 3.63) is 0 Å². The van der Waals surface area contributed by atoms with Crippen LogP contribution in [0.3, 0.4) is 0 Å². The van der Waals surface area contributed by atoms with E-state index in [1.54, 1.807) is 0 Å². The Labute approximate surface area is 107 Å². The number of ether oxygens (including phenoxy) is 2. The first-order valence-electron chi connectivity index (χ1n) is 6.63. The topological polar surface area (TPSA) is 34.3 Å². The van der Waals surface area contributed by atoms with Gasteiger partial charge in [0.05, 0.1) is 25.9 Å². The van der Waals surface area contributed by atoms with Gasteiger partial charge >= 0.3 is 0 Å². The van der Waals surface area contributed by atoms with E-state index in [-0.39, 0.29) is 0 Å². The van der Waals surface area contributed by atoms with Crippen LogP contribution in [0, 0.1) is 0 Å². The van der Waals surface area contributed by atoms with Crippen molar-refractivity contribution in [2.24, 2.45) is 0 Å². The van der Waals surface area contributed by atoms with Crippen LogP contribution in [-0.4, -0.2) is 40.3 Å². The van der Waals surface area contributed by atoms with Crippen LogP contribution >= 0.6 is 0 Å². The van der Waals surface area contributed by atoms with Gasteiger partial charge in [-0.3, -0.25) is 0 Å². The molecule has 0 N–H and O–H groups in total. The summed E-state index contributed by atoms with van der Waals surface area (Å²) >= 11 is 0. The first-order chi connectivity index (χ1) is 7.76. The Morgan fingerprint density at radius 3 is 1.82 bits per heavy atom. The molecular formula is C13H28O3Si. The van der Waals surface area contributed by atoms with E-state index in [0.717, 1.165) is 19.8 Å². The molecule has 2 atom stereocenters. The third-order valence-corrected chi connectivity index (χ3v) is 8.20. The fraction of sp³-hybridized carbons (Fsp3) is 1.00. The molecule has 2 fully saturated rings. The molecule has 4 heteroatoms. The van der Waals surface area contributed by atoms with Crippen LogP contribution in [0.1, 0.15) is 34.1 Å². The molecule has 0 amide bonds. The maximum absolute atomic E-state index is 5.93. The van der Waals surface area contributed by atoms with E-state index < -0.39 is 8.32 Å². The Morgan fingerprint density at radius 1 is 1.12 bits per heavy atom. The van der Waals surface area contributed by atoms with Gasteiger partial charge in [-0.05, 0) is 24.6 Å². The molecule has 2 aliphatic rings. The van der Waals surface area contributed by atoms with Gasteiger partial charge in [0, 0.05) is 0 Å². The lowest BCUT2D eigenvalue weighted by Gasteiger charge is -2.35. The minimum absolute atomic E-state index is 0.321. The third kappa shape index (κ3) is 6.00. The van der Waals surface area contributed by atoms with Gasteiger partial charge in [0.2, 0.25) is 0 Å². The Kier molecular flexibility index (Phi) is 5.19. The molecule has 3 nitrogen and oxygen atoms in total. The standard InChI is InChI=1S/C9H20O2Si.C4H8O/c1-9(2,3)12(4,5)11-7-8-6-10-8;1-2-4-3-5-4/h8H,6-7H2,1-5H3;4H,2-3H2,1H3. The van der Waals surface area contributed by atoms with Crippen LogP contribution in [0.5, 0.6) is 0 Å². The van der Waals surface area contributed by atoms with E-state index in [0.29, 0.717) is 17.2 Å². The minimum Gasteiger partial charge on any atom is -0.414 e. The lowest BCUT2D eigenvalue weighted by atomic mass is 10.2. The maximum Gasteiger partial charge on any atom is 0.192 e. The Balaban J connectivity index is 0.000000239. The van der Waals surface area contributed by atoms with Gasteiger partial charge in [-0.25, -0.2) is 0 Å². The number of hydrogen-bond donors (Lipinski definition) is 0. The van der Waals surface area contributed by atoms with Gasteiger partial charge in [0.1, 0.15) is 6.10 Å². The lowest BCUT2D eigenvalue weighted by Crippen LogP contribution is -2.41. The molecule has 102 valence electrons. The molecule has 0 bridgehead atoms. The van der Waals surface area contributed by atoms with E-state index in [1.807, 2.05) is 0 Å². The molecule has 2 unspecified atom stereocenters. The Bertz CT molecular complexity index is 227. The second-order valence-corrected chi connectivity index (χ2v) is 11.2. The molecule has 0 aromatic carbocycles. The minimum atomic E-state index is -1.51. The van der Waals surface area contributed by atoms with Crippen LogP contribution in [-0.2, 0) is 13.9 Å². The Morgan fingerprint density at radius 2 is 1.59 bits per heavy atom. The number of epoxide rings is 2. The first-order valence-corrected chi connectivity index (χ1v) is 9.54. The molecule has 17 heavy (non-hydrogen) atoms. The molecule has 0 aliphatic carbocycles. The number of rotatable bonds is 4. The largest absolute Gasteiger partial charge is 0.414 e. The highest BCUT2D eigenvalue weighted by atomic mass is 28.4. The monoisotopic (exact) mass is 260 g/mol. The summed E-state index contributed by atoms with van der Waals surface area (Å²) in [6.45, 7) is 16.2. The first kappa shape index (κ1) is 15.2. The smallest absolute Gasteiger partial charge is 0.192 e. The summed E-state index contributed by atoms with van der Waals surface area (Å²) < 4.78 is 15.9. The average Bonchev–Trinajstić information content (AvgIpc) is 3.07. The summed E-state index contributed by atoms with van der Waals surface area (Å²) in [6, 6.07) is 0. The fourth-order valence-electron chi connectivity index (χ4n) is 0.986. The molecule has 0 aromatic rings. The molecule has 0 spiro atoms. The van der Waals surface area contributed by atoms with Crippen LogP contribution in [0.25, 0.3) is 0 Å². The SMILES string of the molecule is CC(C)(C)[Si](C)(C)OCC1CO1.CCC1CO1. The van der Waals surface area contributed by atoms with Crippen molar-refractivity contribution in [2.75, 3.05) is 19.8 Å². The van der Waals surface area contributed by atoms with E-state index in [2.05, 4.69) is 40.8 Å². The van der Waals surface area contributed by atoms with Crippen LogP contribution in [0.2, 0.25) is 18.1 Å². The predicted octanol–water partition coefficient (Wildman–Crippen LogP) is 3.20. The second-order valence-electron chi connectivity index (χ2n) is 6.39. The van der Waals surface area contributed by atoms with Crippen LogP contribution < -0.4 is 0 Å². The number of hydrogen-bond acceptors (Lipinski definition) is 3. The van der Waals surface area contributed by atoms with Gasteiger partial charge in [0.15, 0.2) is 8.32 Å². The average molecular weight is 260 g/mol. The quantitative estimate of drug-likeness (QED) is 0.575. The van der Waals surface area contributed by atoms with Crippen molar-refractivity contribution in [3.8, 4) is 0 Å². The van der Waals surface area contributed by atoms with Gasteiger partial charge < -0.3 is 13.9 Å². The normalized spacial score (nSPS) is 27.2. The van der Waals surface area contributed by atoms with Crippen LogP contribution in [0.15, 0.2) is 0 Å². The summed E-state index contributed by atoms with van der Waals surface area (Å²) in [5.41, 5.74) is 0. The molecule has 2 saturated heterocycles. The van der Waals surface area contributed by atoms with Crippen LogP contribution in [0.4, 0.5) is 0 Å². The van der Waals surface area contributed by atoms with Gasteiger partial charge in [0.25, 0.3) is 0 Å². The summed E-state index contributed by atoms with van der Waals surface area (Å²) in [5, 5.41) is 0.321. The molecule has 0 aromatic heterocycles. The van der Waals surface area contributed by atoms with Gasteiger partial charge in [-0.2, -0.15) is 0 Å². The molecule has 2 aliphatic heterocycles. The fourth-order valence-corrected chi connectivity index (χ4v) is 2.02. The predicted molar refractivity (Wildman–Crippen MR) is 72.9 cm³/mol. The van der Waals surface area contributed by atoms with Crippen molar-refractivity contribution in [3.63, 3.8) is 0 Å². The highest BCUT2D eigenvalue weighted by Crippen LogP contribution is 2.36. The van der Waals surface area contributed by atoms with Gasteiger partial charge in [-0.15, -0.1) is 0 Å². The summed E-state index contributed by atoms with van der Waals surface area (Å²) in [4.78, 5) is 0. The van der Waals surface area contributed by atoms with Crippen molar-refractivity contribution < 1.29 is 13.9 Å². The van der Waals surface area contributed by atoms with Crippen molar-refractivity contribution >= 4 is 8.32 Å². The summed E-state index contributed by atoms with van der Waals surface area (Å²) in [7, 11) is -1.51. The molecule has 0 radical (unpaired) electrons.